The third-order valence-electron chi connectivity index (χ3n) is 3.76. The molecule has 0 aliphatic carbocycles. The van der Waals surface area contributed by atoms with Gasteiger partial charge >= 0.3 is 0 Å². The molecule has 2 aliphatic heterocycles. The fourth-order valence-corrected chi connectivity index (χ4v) is 2.45. The van der Waals surface area contributed by atoms with E-state index < -0.39 is 0 Å². The van der Waals surface area contributed by atoms with Crippen LogP contribution in [0.15, 0.2) is 12.3 Å². The molecule has 2 aliphatic rings. The van der Waals surface area contributed by atoms with Crippen molar-refractivity contribution in [3.05, 3.63) is 18.0 Å². The minimum Gasteiger partial charge on any atom is -0.377 e. The van der Waals surface area contributed by atoms with Gasteiger partial charge in [0.15, 0.2) is 0 Å². The zero-order valence-corrected chi connectivity index (χ0v) is 9.80. The Hall–Kier alpha value is -0.870. The number of piperidine rings is 1. The van der Waals surface area contributed by atoms with E-state index in [1.165, 1.54) is 31.6 Å². The molecular weight excluding hydrogens is 202 g/mol. The summed E-state index contributed by atoms with van der Waals surface area (Å²) in [5.74, 6) is 0.665. The maximum absolute atomic E-state index is 5.19. The van der Waals surface area contributed by atoms with Gasteiger partial charge in [-0.25, -0.2) is 0 Å². The first kappa shape index (κ1) is 10.3. The first-order chi connectivity index (χ1) is 7.83. The van der Waals surface area contributed by atoms with E-state index >= 15 is 0 Å². The highest BCUT2D eigenvalue weighted by Gasteiger charge is 2.24. The smallest absolute Gasteiger partial charge is 0.0985 e. The van der Waals surface area contributed by atoms with Gasteiger partial charge in [-0.05, 0) is 39.0 Å². The number of hydrogen-bond donors (Lipinski definition) is 0. The highest BCUT2D eigenvalue weighted by Crippen LogP contribution is 2.27. The Kier molecular flexibility index (Phi) is 2.69. The van der Waals surface area contributed by atoms with Crippen LogP contribution < -0.4 is 0 Å². The summed E-state index contributed by atoms with van der Waals surface area (Å²) in [6, 6.07) is 2.67. The Morgan fingerprint density at radius 1 is 1.31 bits per heavy atom. The van der Waals surface area contributed by atoms with Crippen LogP contribution in [0, 0.1) is 0 Å². The van der Waals surface area contributed by atoms with Crippen LogP contribution in [0.1, 0.15) is 30.5 Å². The topological polar surface area (TPSA) is 30.3 Å². The van der Waals surface area contributed by atoms with Crippen molar-refractivity contribution in [2.45, 2.75) is 24.8 Å². The summed E-state index contributed by atoms with van der Waals surface area (Å²) in [6.45, 7) is 4.05. The highest BCUT2D eigenvalue weighted by molar-refractivity contribution is 5.08. The quantitative estimate of drug-likeness (QED) is 0.753. The fraction of sp³-hybridized carbons (Fsp3) is 0.750. The Balaban J connectivity index is 1.67. The van der Waals surface area contributed by atoms with Gasteiger partial charge in [0.05, 0.1) is 24.9 Å². The lowest BCUT2D eigenvalue weighted by atomic mass is 9.94. The summed E-state index contributed by atoms with van der Waals surface area (Å²) in [5, 5.41) is 4.70. The molecule has 2 fully saturated rings. The average molecular weight is 221 g/mol. The van der Waals surface area contributed by atoms with E-state index in [-0.39, 0.29) is 0 Å². The summed E-state index contributed by atoms with van der Waals surface area (Å²) in [4.78, 5) is 2.40. The number of hydrogen-bond acceptors (Lipinski definition) is 3. The molecule has 0 atom stereocenters. The third kappa shape index (κ3) is 1.87. The van der Waals surface area contributed by atoms with Crippen molar-refractivity contribution in [2.24, 2.45) is 0 Å². The van der Waals surface area contributed by atoms with Crippen LogP contribution in [0.4, 0.5) is 0 Å². The Labute approximate surface area is 96.2 Å². The van der Waals surface area contributed by atoms with Crippen LogP contribution >= 0.6 is 0 Å². The molecule has 0 amide bonds. The summed E-state index contributed by atoms with van der Waals surface area (Å²) >= 11 is 0. The molecule has 0 bridgehead atoms. The van der Waals surface area contributed by atoms with Gasteiger partial charge in [0.25, 0.3) is 0 Å². The van der Waals surface area contributed by atoms with Gasteiger partial charge in [0.1, 0.15) is 0 Å². The minimum atomic E-state index is 0.486. The van der Waals surface area contributed by atoms with Gasteiger partial charge in [-0.3, -0.25) is 4.68 Å². The molecule has 0 radical (unpaired) electrons. The highest BCUT2D eigenvalue weighted by atomic mass is 16.5. The number of ether oxygens (including phenoxy) is 1. The summed E-state index contributed by atoms with van der Waals surface area (Å²) < 4.78 is 7.27. The molecule has 0 unspecified atom stereocenters. The number of nitrogens with zero attached hydrogens (tertiary/aromatic N) is 3. The molecule has 88 valence electrons. The molecule has 0 N–H and O–H groups in total. The molecule has 1 aromatic rings. The largest absolute Gasteiger partial charge is 0.377 e. The van der Waals surface area contributed by atoms with Crippen molar-refractivity contribution in [3.8, 4) is 0 Å². The minimum absolute atomic E-state index is 0.486. The van der Waals surface area contributed by atoms with E-state index in [4.69, 9.17) is 9.84 Å². The molecule has 0 saturated carbocycles. The van der Waals surface area contributed by atoms with E-state index in [0.717, 1.165) is 13.2 Å². The fourth-order valence-electron chi connectivity index (χ4n) is 2.45. The lowest BCUT2D eigenvalue weighted by Crippen LogP contribution is -2.31. The van der Waals surface area contributed by atoms with Crippen LogP contribution in [0.25, 0.3) is 0 Å². The second-order valence-corrected chi connectivity index (χ2v) is 4.99. The lowest BCUT2D eigenvalue weighted by molar-refractivity contribution is -0.0288. The normalized spacial score (nSPS) is 24.6. The molecule has 16 heavy (non-hydrogen) atoms. The molecule has 2 saturated heterocycles. The maximum Gasteiger partial charge on any atom is 0.0985 e. The van der Waals surface area contributed by atoms with Crippen molar-refractivity contribution >= 4 is 0 Å². The van der Waals surface area contributed by atoms with Gasteiger partial charge < -0.3 is 9.64 Å². The van der Waals surface area contributed by atoms with E-state index in [2.05, 4.69) is 28.9 Å². The van der Waals surface area contributed by atoms with E-state index in [9.17, 15) is 0 Å². The molecule has 1 aromatic heterocycles. The van der Waals surface area contributed by atoms with Crippen LogP contribution in [0.5, 0.6) is 0 Å². The van der Waals surface area contributed by atoms with Gasteiger partial charge in [-0.1, -0.05) is 0 Å². The van der Waals surface area contributed by atoms with Crippen molar-refractivity contribution in [2.75, 3.05) is 33.4 Å². The molecule has 0 aromatic carbocycles. The van der Waals surface area contributed by atoms with Crippen LogP contribution in [-0.4, -0.2) is 48.0 Å². The van der Waals surface area contributed by atoms with Crippen molar-refractivity contribution < 1.29 is 4.74 Å². The van der Waals surface area contributed by atoms with Crippen LogP contribution in [-0.2, 0) is 4.74 Å². The molecule has 0 spiro atoms. The van der Waals surface area contributed by atoms with Crippen molar-refractivity contribution in [1.82, 2.24) is 14.7 Å². The second-order valence-electron chi connectivity index (χ2n) is 4.99. The van der Waals surface area contributed by atoms with Crippen molar-refractivity contribution in [1.29, 1.82) is 0 Å². The average Bonchev–Trinajstić information content (AvgIpc) is 2.65. The molecular formula is C12H19N3O. The molecule has 3 heterocycles. The standard InChI is InChI=1S/C12H19N3O/c1-14-5-2-10(3-6-14)12-4-7-15(13-12)11-8-16-9-11/h4,7,10-11H,2-3,5-6,8-9H2,1H3. The zero-order valence-electron chi connectivity index (χ0n) is 9.80. The van der Waals surface area contributed by atoms with Crippen molar-refractivity contribution in [3.63, 3.8) is 0 Å². The summed E-state index contributed by atoms with van der Waals surface area (Å²) in [5.41, 5.74) is 1.28. The third-order valence-corrected chi connectivity index (χ3v) is 3.76. The lowest BCUT2D eigenvalue weighted by Gasteiger charge is -2.28. The number of likely N-dealkylation sites (tertiary alicyclic amines) is 1. The molecule has 3 rings (SSSR count). The first-order valence-corrected chi connectivity index (χ1v) is 6.14. The Morgan fingerprint density at radius 3 is 2.69 bits per heavy atom. The van der Waals surface area contributed by atoms with Gasteiger partial charge in [-0.2, -0.15) is 5.10 Å². The summed E-state index contributed by atoms with van der Waals surface area (Å²) in [6.07, 6.45) is 4.60. The predicted octanol–water partition coefficient (Wildman–Crippen LogP) is 1.26. The molecule has 4 nitrogen and oxygen atoms in total. The molecule has 4 heteroatoms. The maximum atomic E-state index is 5.19. The van der Waals surface area contributed by atoms with E-state index in [1.807, 2.05) is 0 Å². The van der Waals surface area contributed by atoms with E-state index in [0.29, 0.717) is 12.0 Å². The SMILES string of the molecule is CN1CCC(c2ccn(C3COC3)n2)CC1. The first-order valence-electron chi connectivity index (χ1n) is 6.14. The second kappa shape index (κ2) is 4.18. The van der Waals surface area contributed by atoms with Gasteiger partial charge in [0.2, 0.25) is 0 Å². The van der Waals surface area contributed by atoms with Crippen LogP contribution in [0.2, 0.25) is 0 Å². The Bertz CT molecular complexity index is 351. The summed E-state index contributed by atoms with van der Waals surface area (Å²) in [7, 11) is 2.19. The van der Waals surface area contributed by atoms with Crippen LogP contribution in [0.3, 0.4) is 0 Å². The monoisotopic (exact) mass is 221 g/mol. The number of rotatable bonds is 2. The van der Waals surface area contributed by atoms with Gasteiger partial charge in [-0.15, -0.1) is 0 Å². The van der Waals surface area contributed by atoms with E-state index in [1.54, 1.807) is 0 Å². The van der Waals surface area contributed by atoms with Gasteiger partial charge in [0, 0.05) is 12.1 Å². The number of aromatic nitrogens is 2. The predicted molar refractivity (Wildman–Crippen MR) is 61.6 cm³/mol. The Morgan fingerprint density at radius 2 is 2.06 bits per heavy atom. The zero-order chi connectivity index (χ0) is 11.0.